The molecule has 0 amide bonds. The molecule has 0 aliphatic heterocycles. The van der Waals surface area contributed by atoms with E-state index in [0.29, 0.717) is 5.69 Å². The maximum atomic E-state index is 10.4. The Kier molecular flexibility index (Phi) is 2.34. The highest BCUT2D eigenvalue weighted by Gasteiger charge is 2.14. The number of rotatable bonds is 2. The van der Waals surface area contributed by atoms with Crippen LogP contribution >= 0.6 is 7.60 Å². The van der Waals surface area contributed by atoms with Gasteiger partial charge in [0, 0.05) is 6.20 Å². The molecule has 1 aromatic heterocycles. The lowest BCUT2D eigenvalue weighted by Crippen LogP contribution is -1.91. The summed E-state index contributed by atoms with van der Waals surface area (Å²) in [6, 6.07) is 3.10. The molecule has 1 aromatic rings. The molecule has 0 radical (unpaired) electrons. The Labute approximate surface area is 63.3 Å². The van der Waals surface area contributed by atoms with Gasteiger partial charge < -0.3 is 9.79 Å². The summed E-state index contributed by atoms with van der Waals surface area (Å²) in [7, 11) is -3.99. The molecule has 5 nitrogen and oxygen atoms in total. The van der Waals surface area contributed by atoms with Crippen LogP contribution in [0.25, 0.3) is 0 Å². The van der Waals surface area contributed by atoms with Crippen LogP contribution in [0.2, 0.25) is 0 Å². The van der Waals surface area contributed by atoms with E-state index in [2.05, 4.69) is 10.2 Å². The van der Waals surface area contributed by atoms with Gasteiger partial charge in [-0.25, -0.2) is 0 Å². The quantitative estimate of drug-likeness (QED) is 0.623. The molecule has 2 N–H and O–H groups in total. The second kappa shape index (κ2) is 3.09. The van der Waals surface area contributed by atoms with Crippen LogP contribution in [0, 0.1) is 0 Å². The molecule has 1 rings (SSSR count). The van der Waals surface area contributed by atoms with E-state index in [-0.39, 0.29) is 6.16 Å². The first-order valence-corrected chi connectivity index (χ1v) is 4.69. The normalized spacial score (nSPS) is 11.5. The van der Waals surface area contributed by atoms with Crippen molar-refractivity contribution in [1.29, 1.82) is 0 Å². The Balaban J connectivity index is 2.74. The largest absolute Gasteiger partial charge is 0.331 e. The van der Waals surface area contributed by atoms with Gasteiger partial charge in [-0.15, -0.1) is 0 Å². The van der Waals surface area contributed by atoms with E-state index in [0.717, 1.165) is 0 Å². The van der Waals surface area contributed by atoms with Gasteiger partial charge in [0.15, 0.2) is 0 Å². The van der Waals surface area contributed by atoms with Crippen LogP contribution in [0.5, 0.6) is 0 Å². The number of aromatic nitrogens is 2. The van der Waals surface area contributed by atoms with Crippen molar-refractivity contribution in [3.05, 3.63) is 24.0 Å². The molecule has 11 heavy (non-hydrogen) atoms. The standard InChI is InChI=1S/C5H7N2O3P/c8-11(9,10)4-5-2-1-3-6-7-5/h1-3H,4H2,(H2,8,9,10). The number of nitrogens with zero attached hydrogens (tertiary/aromatic N) is 2. The molecule has 0 fully saturated rings. The molecule has 60 valence electrons. The number of hydrogen-bond donors (Lipinski definition) is 2. The van der Waals surface area contributed by atoms with E-state index in [1.807, 2.05) is 0 Å². The summed E-state index contributed by atoms with van der Waals surface area (Å²) in [6.45, 7) is 0. The fraction of sp³-hybridized carbons (Fsp3) is 0.200. The summed E-state index contributed by atoms with van der Waals surface area (Å²) < 4.78 is 10.4. The second-order valence-corrected chi connectivity index (χ2v) is 3.68. The summed E-state index contributed by atoms with van der Waals surface area (Å²) >= 11 is 0. The molecule has 1 heterocycles. The highest BCUT2D eigenvalue weighted by molar-refractivity contribution is 7.50. The van der Waals surface area contributed by atoms with Gasteiger partial charge in [0.05, 0.1) is 11.9 Å². The smallest absolute Gasteiger partial charge is 0.324 e. The minimum Gasteiger partial charge on any atom is -0.324 e. The monoisotopic (exact) mass is 174 g/mol. The average Bonchev–Trinajstić information content (AvgIpc) is 1.85. The lowest BCUT2D eigenvalue weighted by molar-refractivity contribution is 0.371. The molecule has 0 bridgehead atoms. The SMILES string of the molecule is O=P(O)(O)Cc1cccnn1. The maximum absolute atomic E-state index is 10.4. The topological polar surface area (TPSA) is 83.3 Å². The lowest BCUT2D eigenvalue weighted by atomic mass is 10.4. The van der Waals surface area contributed by atoms with Gasteiger partial charge in [-0.2, -0.15) is 10.2 Å². The van der Waals surface area contributed by atoms with Crippen LogP contribution in [0.1, 0.15) is 5.69 Å². The lowest BCUT2D eigenvalue weighted by Gasteiger charge is -2.00. The van der Waals surface area contributed by atoms with E-state index in [9.17, 15) is 4.57 Å². The molecule has 0 aliphatic rings. The first-order valence-electron chi connectivity index (χ1n) is 2.89. The summed E-state index contributed by atoms with van der Waals surface area (Å²) in [5.74, 6) is 0. The summed E-state index contributed by atoms with van der Waals surface area (Å²) in [5, 5.41) is 7.00. The Bertz CT molecular complexity index is 270. The van der Waals surface area contributed by atoms with Crippen LogP contribution in [0.15, 0.2) is 18.3 Å². The zero-order chi connectivity index (χ0) is 8.32. The van der Waals surface area contributed by atoms with Crippen molar-refractivity contribution in [3.63, 3.8) is 0 Å². The van der Waals surface area contributed by atoms with E-state index in [1.165, 1.54) is 12.3 Å². The third-order valence-corrected chi connectivity index (χ3v) is 1.73. The molecule has 0 spiro atoms. The van der Waals surface area contributed by atoms with Crippen LogP contribution < -0.4 is 0 Å². The fourth-order valence-electron chi connectivity index (χ4n) is 0.629. The van der Waals surface area contributed by atoms with Crippen LogP contribution in [-0.2, 0) is 10.7 Å². The Hall–Kier alpha value is -0.770. The summed E-state index contributed by atoms with van der Waals surface area (Å²) in [6.07, 6.45) is 1.10. The highest BCUT2D eigenvalue weighted by Crippen LogP contribution is 2.37. The minimum absolute atomic E-state index is 0.306. The van der Waals surface area contributed by atoms with Crippen molar-refractivity contribution in [2.45, 2.75) is 6.16 Å². The van der Waals surface area contributed by atoms with Crippen LogP contribution in [0.4, 0.5) is 0 Å². The fourth-order valence-corrected chi connectivity index (χ4v) is 1.22. The molecule has 6 heteroatoms. The molecule has 0 atom stereocenters. The zero-order valence-electron chi connectivity index (χ0n) is 5.58. The van der Waals surface area contributed by atoms with Gasteiger partial charge in [-0.05, 0) is 12.1 Å². The molecule has 0 saturated heterocycles. The van der Waals surface area contributed by atoms with Gasteiger partial charge in [0.1, 0.15) is 0 Å². The van der Waals surface area contributed by atoms with E-state index in [4.69, 9.17) is 9.79 Å². The summed E-state index contributed by atoms with van der Waals surface area (Å²) in [4.78, 5) is 17.0. The first kappa shape index (κ1) is 8.33. The zero-order valence-corrected chi connectivity index (χ0v) is 6.48. The van der Waals surface area contributed by atoms with Crippen molar-refractivity contribution in [3.8, 4) is 0 Å². The minimum atomic E-state index is -3.99. The Morgan fingerprint density at radius 1 is 1.55 bits per heavy atom. The van der Waals surface area contributed by atoms with E-state index < -0.39 is 7.60 Å². The molecule has 0 unspecified atom stereocenters. The van der Waals surface area contributed by atoms with Crippen molar-refractivity contribution < 1.29 is 14.4 Å². The molecule has 0 saturated carbocycles. The van der Waals surface area contributed by atoms with Gasteiger partial charge in [0.2, 0.25) is 0 Å². The van der Waals surface area contributed by atoms with Gasteiger partial charge in [-0.3, -0.25) is 4.57 Å². The van der Waals surface area contributed by atoms with Gasteiger partial charge >= 0.3 is 7.60 Å². The Morgan fingerprint density at radius 3 is 2.73 bits per heavy atom. The average molecular weight is 174 g/mol. The molecular weight excluding hydrogens is 167 g/mol. The molecular formula is C5H7N2O3P. The molecule has 0 aromatic carbocycles. The van der Waals surface area contributed by atoms with E-state index >= 15 is 0 Å². The molecule has 0 aliphatic carbocycles. The van der Waals surface area contributed by atoms with Crippen LogP contribution in [-0.4, -0.2) is 20.0 Å². The highest BCUT2D eigenvalue weighted by atomic mass is 31.2. The second-order valence-electron chi connectivity index (χ2n) is 2.04. The van der Waals surface area contributed by atoms with Gasteiger partial charge in [0.25, 0.3) is 0 Å². The van der Waals surface area contributed by atoms with Crippen LogP contribution in [0.3, 0.4) is 0 Å². The van der Waals surface area contributed by atoms with Crippen molar-refractivity contribution in [1.82, 2.24) is 10.2 Å². The van der Waals surface area contributed by atoms with Crippen molar-refractivity contribution >= 4 is 7.60 Å². The third-order valence-electron chi connectivity index (χ3n) is 0.995. The van der Waals surface area contributed by atoms with Crippen molar-refractivity contribution in [2.24, 2.45) is 0 Å². The maximum Gasteiger partial charge on any atom is 0.331 e. The van der Waals surface area contributed by atoms with E-state index in [1.54, 1.807) is 6.07 Å². The van der Waals surface area contributed by atoms with Gasteiger partial charge in [-0.1, -0.05) is 0 Å². The first-order chi connectivity index (χ1) is 5.08. The number of hydrogen-bond acceptors (Lipinski definition) is 3. The third kappa shape index (κ3) is 3.23. The van der Waals surface area contributed by atoms with Crippen molar-refractivity contribution in [2.75, 3.05) is 0 Å². The predicted molar refractivity (Wildman–Crippen MR) is 37.8 cm³/mol. The predicted octanol–water partition coefficient (Wildman–Crippen LogP) is 0.154. The Morgan fingerprint density at radius 2 is 2.27 bits per heavy atom. The summed E-state index contributed by atoms with van der Waals surface area (Å²) in [5.41, 5.74) is 0.306.